The third-order valence-electron chi connectivity index (χ3n) is 4.33. The average molecular weight is 363 g/mol. The van der Waals surface area contributed by atoms with Gasteiger partial charge < -0.3 is 10.2 Å². The van der Waals surface area contributed by atoms with E-state index in [1.807, 2.05) is 17.9 Å². The van der Waals surface area contributed by atoms with Gasteiger partial charge in [-0.3, -0.25) is 4.79 Å². The van der Waals surface area contributed by atoms with Crippen LogP contribution in [0.4, 0.5) is 10.3 Å². The molecule has 0 aliphatic carbocycles. The molecule has 0 radical (unpaired) electrons. The largest absolute Gasteiger partial charge is 0.352 e. The molecule has 1 aliphatic rings. The smallest absolute Gasteiger partial charge is 0.225 e. The van der Waals surface area contributed by atoms with Gasteiger partial charge in [0.05, 0.1) is 5.92 Å². The molecule has 1 saturated heterocycles. The molecule has 0 bridgehead atoms. The Morgan fingerprint density at radius 2 is 2.28 bits per heavy atom. The number of halogens is 2. The van der Waals surface area contributed by atoms with Crippen molar-refractivity contribution in [2.24, 2.45) is 5.92 Å². The highest BCUT2D eigenvalue weighted by Crippen LogP contribution is 2.21. The lowest BCUT2D eigenvalue weighted by molar-refractivity contribution is -0.125. The molecule has 25 heavy (non-hydrogen) atoms. The van der Waals surface area contributed by atoms with Crippen molar-refractivity contribution in [3.8, 4) is 0 Å². The Bertz CT molecular complexity index is 770. The van der Waals surface area contributed by atoms with Gasteiger partial charge in [-0.25, -0.2) is 14.4 Å². The second-order valence-corrected chi connectivity index (χ2v) is 6.64. The van der Waals surface area contributed by atoms with E-state index in [1.54, 1.807) is 12.3 Å². The summed E-state index contributed by atoms with van der Waals surface area (Å²) in [5.41, 5.74) is 1.61. The fourth-order valence-electron chi connectivity index (χ4n) is 2.95. The van der Waals surface area contributed by atoms with Crippen LogP contribution in [-0.2, 0) is 11.3 Å². The Morgan fingerprint density at radius 3 is 3.04 bits per heavy atom. The fourth-order valence-corrected chi connectivity index (χ4v) is 3.19. The summed E-state index contributed by atoms with van der Waals surface area (Å²) in [7, 11) is 0. The lowest BCUT2D eigenvalue weighted by Gasteiger charge is -2.32. The Balaban J connectivity index is 1.60. The van der Waals surface area contributed by atoms with Crippen molar-refractivity contribution in [2.75, 3.05) is 18.0 Å². The molecule has 0 spiro atoms. The summed E-state index contributed by atoms with van der Waals surface area (Å²) in [5, 5.41) is 3.22. The highest BCUT2D eigenvalue weighted by atomic mass is 35.5. The molecule has 3 rings (SSSR count). The minimum Gasteiger partial charge on any atom is -0.352 e. The number of benzene rings is 1. The standard InChI is InChI=1S/C18H20ClFN4O/c1-12-6-7-21-18(23-12)24-8-2-3-14(11-24)17(25)22-10-13-4-5-15(20)9-16(13)19/h4-7,9,14H,2-3,8,10-11H2,1H3,(H,22,25)/t14-/m0/s1. The SMILES string of the molecule is Cc1ccnc(N2CCC[C@H](C(=O)NCc3ccc(F)cc3Cl)C2)n1. The summed E-state index contributed by atoms with van der Waals surface area (Å²) >= 11 is 6.00. The molecule has 0 unspecified atom stereocenters. The van der Waals surface area contributed by atoms with Crippen molar-refractivity contribution >= 4 is 23.5 Å². The molecule has 1 amide bonds. The minimum atomic E-state index is -0.388. The van der Waals surface area contributed by atoms with Gasteiger partial charge >= 0.3 is 0 Å². The predicted molar refractivity (Wildman–Crippen MR) is 95.0 cm³/mol. The van der Waals surface area contributed by atoms with Crippen LogP contribution in [0, 0.1) is 18.7 Å². The van der Waals surface area contributed by atoms with Crippen molar-refractivity contribution in [3.63, 3.8) is 0 Å². The molecular formula is C18H20ClFN4O. The van der Waals surface area contributed by atoms with Crippen LogP contribution in [0.5, 0.6) is 0 Å². The Hall–Kier alpha value is -2.21. The van der Waals surface area contributed by atoms with E-state index in [9.17, 15) is 9.18 Å². The normalized spacial score (nSPS) is 17.4. The molecule has 0 saturated carbocycles. The van der Waals surface area contributed by atoms with Crippen molar-refractivity contribution in [1.29, 1.82) is 0 Å². The number of piperidine rings is 1. The first-order chi connectivity index (χ1) is 12.0. The van der Waals surface area contributed by atoms with Gasteiger partial charge in [0.15, 0.2) is 0 Å². The Labute approximate surface area is 151 Å². The van der Waals surface area contributed by atoms with E-state index >= 15 is 0 Å². The van der Waals surface area contributed by atoms with E-state index in [2.05, 4.69) is 15.3 Å². The first-order valence-corrected chi connectivity index (χ1v) is 8.67. The van der Waals surface area contributed by atoms with Gasteiger partial charge in [-0.2, -0.15) is 0 Å². The highest BCUT2D eigenvalue weighted by molar-refractivity contribution is 6.31. The van der Waals surface area contributed by atoms with Crippen molar-refractivity contribution in [3.05, 3.63) is 52.6 Å². The number of nitrogens with zero attached hydrogens (tertiary/aromatic N) is 3. The number of amides is 1. The summed E-state index contributed by atoms with van der Waals surface area (Å²) in [6, 6.07) is 6.03. The second kappa shape index (κ2) is 7.78. The van der Waals surface area contributed by atoms with Crippen molar-refractivity contribution in [2.45, 2.75) is 26.3 Å². The van der Waals surface area contributed by atoms with E-state index in [0.29, 0.717) is 23.1 Å². The molecule has 7 heteroatoms. The topological polar surface area (TPSA) is 58.1 Å². The number of aromatic nitrogens is 2. The lowest BCUT2D eigenvalue weighted by atomic mass is 9.97. The number of anilines is 1. The van der Waals surface area contributed by atoms with Crippen molar-refractivity contribution in [1.82, 2.24) is 15.3 Å². The average Bonchev–Trinajstić information content (AvgIpc) is 2.61. The van der Waals surface area contributed by atoms with Gasteiger partial charge in [0.2, 0.25) is 11.9 Å². The number of hydrogen-bond donors (Lipinski definition) is 1. The molecule has 1 aromatic heterocycles. The van der Waals surface area contributed by atoms with Crippen molar-refractivity contribution < 1.29 is 9.18 Å². The maximum Gasteiger partial charge on any atom is 0.225 e. The number of rotatable bonds is 4. The summed E-state index contributed by atoms with van der Waals surface area (Å²) in [6.45, 7) is 3.64. The number of carbonyl (C=O) groups is 1. The van der Waals surface area contributed by atoms with Crippen LogP contribution in [0.3, 0.4) is 0 Å². The Morgan fingerprint density at radius 1 is 1.44 bits per heavy atom. The number of carbonyl (C=O) groups excluding carboxylic acids is 1. The highest BCUT2D eigenvalue weighted by Gasteiger charge is 2.27. The lowest BCUT2D eigenvalue weighted by Crippen LogP contribution is -2.43. The zero-order valence-electron chi connectivity index (χ0n) is 14.0. The maximum absolute atomic E-state index is 13.1. The van der Waals surface area contributed by atoms with Gasteiger partial charge in [-0.15, -0.1) is 0 Å². The van der Waals surface area contributed by atoms with E-state index in [-0.39, 0.29) is 24.2 Å². The molecule has 1 atom stereocenters. The Kier molecular flexibility index (Phi) is 5.48. The van der Waals surface area contributed by atoms with Crippen LogP contribution in [0.25, 0.3) is 0 Å². The number of aryl methyl sites for hydroxylation is 1. The van der Waals surface area contributed by atoms with E-state index in [4.69, 9.17) is 11.6 Å². The maximum atomic E-state index is 13.1. The molecule has 1 aliphatic heterocycles. The summed E-state index contributed by atoms with van der Waals surface area (Å²) < 4.78 is 13.1. The number of nitrogens with one attached hydrogen (secondary N) is 1. The molecular weight excluding hydrogens is 343 g/mol. The third-order valence-corrected chi connectivity index (χ3v) is 4.68. The zero-order chi connectivity index (χ0) is 17.8. The van der Waals surface area contributed by atoms with Gasteiger partial charge in [0.25, 0.3) is 0 Å². The second-order valence-electron chi connectivity index (χ2n) is 6.24. The predicted octanol–water partition coefficient (Wildman–Crippen LogP) is 3.11. The van der Waals surface area contributed by atoms with Crippen LogP contribution in [-0.4, -0.2) is 29.0 Å². The van der Waals surface area contributed by atoms with Crippen LogP contribution in [0.2, 0.25) is 5.02 Å². The van der Waals surface area contributed by atoms with Gasteiger partial charge in [0.1, 0.15) is 5.82 Å². The molecule has 1 fully saturated rings. The molecule has 5 nitrogen and oxygen atoms in total. The van der Waals surface area contributed by atoms with Crippen LogP contribution in [0.1, 0.15) is 24.1 Å². The van der Waals surface area contributed by atoms with Crippen LogP contribution in [0.15, 0.2) is 30.5 Å². The first-order valence-electron chi connectivity index (χ1n) is 8.29. The molecule has 132 valence electrons. The van der Waals surface area contributed by atoms with Gasteiger partial charge in [0, 0.05) is 36.5 Å². The third kappa shape index (κ3) is 4.45. The fraction of sp³-hybridized carbons (Fsp3) is 0.389. The summed E-state index contributed by atoms with van der Waals surface area (Å²) in [4.78, 5) is 23.3. The van der Waals surface area contributed by atoms with Crippen LogP contribution >= 0.6 is 11.6 Å². The van der Waals surface area contributed by atoms with Gasteiger partial charge in [-0.05, 0) is 43.5 Å². The monoisotopic (exact) mass is 362 g/mol. The molecule has 1 N–H and O–H groups in total. The molecule has 2 heterocycles. The van der Waals surface area contributed by atoms with E-state index in [0.717, 1.165) is 25.1 Å². The molecule has 2 aromatic rings. The van der Waals surface area contributed by atoms with Gasteiger partial charge in [-0.1, -0.05) is 17.7 Å². The van der Waals surface area contributed by atoms with E-state index in [1.165, 1.54) is 12.1 Å². The van der Waals surface area contributed by atoms with Crippen LogP contribution < -0.4 is 10.2 Å². The first kappa shape index (κ1) is 17.6. The van der Waals surface area contributed by atoms with E-state index < -0.39 is 0 Å². The summed E-state index contributed by atoms with van der Waals surface area (Å²) in [6.07, 6.45) is 3.47. The minimum absolute atomic E-state index is 0.0299. The number of hydrogen-bond acceptors (Lipinski definition) is 4. The summed E-state index contributed by atoms with van der Waals surface area (Å²) in [5.74, 6) is 0.120. The zero-order valence-corrected chi connectivity index (χ0v) is 14.8. The quantitative estimate of drug-likeness (QED) is 0.908. The molecule has 1 aromatic carbocycles.